The average Bonchev–Trinajstić information content (AvgIpc) is 3.49. The molecule has 1 saturated heterocycles. The third-order valence-corrected chi connectivity index (χ3v) is 9.72. The Kier molecular flexibility index (Phi) is 11.4. The Balaban J connectivity index is 1.33. The third-order valence-electron chi connectivity index (χ3n) is 9.72. The summed E-state index contributed by atoms with van der Waals surface area (Å²) in [6.45, 7) is 6.03. The monoisotopic (exact) mass is 663 g/mol. The van der Waals surface area contributed by atoms with Gasteiger partial charge < -0.3 is 34.9 Å². The van der Waals surface area contributed by atoms with Gasteiger partial charge in [-0.05, 0) is 55.6 Å². The number of benzene rings is 2. The number of amides is 4. The van der Waals surface area contributed by atoms with Gasteiger partial charge in [0.25, 0.3) is 0 Å². The van der Waals surface area contributed by atoms with Gasteiger partial charge in [0.15, 0.2) is 0 Å². The molecule has 3 aromatic rings. The van der Waals surface area contributed by atoms with Gasteiger partial charge in [-0.2, -0.15) is 0 Å². The van der Waals surface area contributed by atoms with Crippen LogP contribution in [0.2, 0.25) is 0 Å². The molecule has 4 amide bonds. The summed E-state index contributed by atoms with van der Waals surface area (Å²) in [5.74, 6) is -3.44. The van der Waals surface area contributed by atoms with Crippen molar-refractivity contribution >= 4 is 46.0 Å². The van der Waals surface area contributed by atoms with Crippen LogP contribution in [0.3, 0.4) is 0 Å². The van der Waals surface area contributed by atoms with Crippen molar-refractivity contribution in [3.63, 3.8) is 0 Å². The average molecular weight is 664 g/mol. The van der Waals surface area contributed by atoms with E-state index >= 15 is 4.39 Å². The number of anilines is 2. The number of methoxy groups -OCH3 is 1. The number of likely N-dealkylation sites (N-methyl/N-ethyl adjacent to an activating group) is 1. The van der Waals surface area contributed by atoms with Gasteiger partial charge in [0.1, 0.15) is 35.4 Å². The van der Waals surface area contributed by atoms with E-state index in [-0.39, 0.29) is 29.8 Å². The van der Waals surface area contributed by atoms with Gasteiger partial charge in [0, 0.05) is 50.0 Å². The minimum atomic E-state index is -1.05. The van der Waals surface area contributed by atoms with E-state index in [1.807, 2.05) is 7.05 Å². The maximum absolute atomic E-state index is 15.7. The van der Waals surface area contributed by atoms with Gasteiger partial charge >= 0.3 is 0 Å². The Morgan fingerprint density at radius 2 is 1.65 bits per heavy atom. The molecule has 48 heavy (non-hydrogen) atoms. The van der Waals surface area contributed by atoms with Crippen molar-refractivity contribution in [1.29, 1.82) is 0 Å². The molecule has 3 N–H and O–H groups in total. The second-order valence-corrected chi connectivity index (χ2v) is 12.9. The van der Waals surface area contributed by atoms with Gasteiger partial charge in [0.05, 0.1) is 18.5 Å². The smallest absolute Gasteiger partial charge is 0.245 e. The summed E-state index contributed by atoms with van der Waals surface area (Å²) in [5.41, 5.74) is 1.40. The molecule has 258 valence electrons. The summed E-state index contributed by atoms with van der Waals surface area (Å²) < 4.78 is 26.6. The molecule has 2 heterocycles. The summed E-state index contributed by atoms with van der Waals surface area (Å²) in [7, 11) is 3.55. The van der Waals surface area contributed by atoms with Crippen LogP contribution in [-0.4, -0.2) is 79.8 Å². The molecule has 0 spiro atoms. The van der Waals surface area contributed by atoms with Crippen LogP contribution in [-0.2, 0) is 19.2 Å². The number of nitrogens with one attached hydrogen (secondary N) is 3. The first-order valence-electron chi connectivity index (χ1n) is 16.8. The Bertz CT molecular complexity index is 1630. The van der Waals surface area contributed by atoms with Crippen molar-refractivity contribution in [2.75, 3.05) is 51.0 Å². The first-order chi connectivity index (χ1) is 23.1. The number of rotatable bonds is 11. The number of ether oxygens (including phenoxy) is 1. The Morgan fingerprint density at radius 1 is 0.958 bits per heavy atom. The Labute approximate surface area is 280 Å². The number of piperazine rings is 1. The van der Waals surface area contributed by atoms with Crippen LogP contribution in [0, 0.1) is 17.7 Å². The molecule has 1 aromatic heterocycles. The lowest BCUT2D eigenvalue weighted by Gasteiger charge is -2.36. The molecule has 3 atom stereocenters. The van der Waals surface area contributed by atoms with Crippen molar-refractivity contribution in [2.45, 2.75) is 64.3 Å². The SMILES string of the molecule is CCC(=O)N[C@@H](C(=O)N1CCN(C)CC1)[C@@H](C)c1ccc(NC(=O)[C@H](C(=O)Nc2coc3cc(OC)ccc23)C2CCCCC2)c(F)c1. The van der Waals surface area contributed by atoms with Crippen LogP contribution in [0.5, 0.6) is 5.75 Å². The molecule has 1 aliphatic carbocycles. The second-order valence-electron chi connectivity index (χ2n) is 12.9. The van der Waals surface area contributed by atoms with Gasteiger partial charge in [0.2, 0.25) is 23.6 Å². The van der Waals surface area contributed by atoms with E-state index in [1.165, 1.54) is 18.4 Å². The molecule has 12 heteroatoms. The normalized spacial score (nSPS) is 17.7. The van der Waals surface area contributed by atoms with E-state index in [2.05, 4.69) is 20.9 Å². The molecule has 5 rings (SSSR count). The van der Waals surface area contributed by atoms with E-state index in [0.717, 1.165) is 32.4 Å². The van der Waals surface area contributed by atoms with Gasteiger partial charge in [-0.3, -0.25) is 19.2 Å². The number of carbonyl (C=O) groups excluding carboxylic acids is 4. The fourth-order valence-electron chi connectivity index (χ4n) is 6.68. The lowest BCUT2D eigenvalue weighted by atomic mass is 9.79. The van der Waals surface area contributed by atoms with E-state index in [0.29, 0.717) is 53.9 Å². The van der Waals surface area contributed by atoms with Crippen LogP contribution in [0.4, 0.5) is 15.8 Å². The van der Waals surface area contributed by atoms with Gasteiger partial charge in [-0.25, -0.2) is 4.39 Å². The second kappa shape index (κ2) is 15.6. The standard InChI is InChI=1S/C36H46FN5O6/c1-5-31(43)40-33(36(46)42-17-15-41(3)16-18-42)22(2)24-11-14-28(27(37)19-24)38-34(44)32(23-9-7-6-8-10-23)35(45)39-29-21-48-30-20-25(47-4)12-13-26(29)30/h11-14,19-23,32-33H,5-10,15-18H2,1-4H3,(H,38,44)(H,39,45)(H,40,43)/t22-,32+,33+/m0/s1. The van der Waals surface area contributed by atoms with E-state index in [4.69, 9.17) is 9.15 Å². The molecule has 0 bridgehead atoms. The first-order valence-corrected chi connectivity index (χ1v) is 16.8. The van der Waals surface area contributed by atoms with Crippen molar-refractivity contribution in [3.8, 4) is 5.75 Å². The molecular formula is C36H46FN5O6. The summed E-state index contributed by atoms with van der Waals surface area (Å²) in [6.07, 6.45) is 5.90. The number of nitrogens with zero attached hydrogens (tertiary/aromatic N) is 2. The number of fused-ring (bicyclic) bond motifs is 1. The Hall–Kier alpha value is -4.45. The maximum atomic E-state index is 15.7. The molecule has 2 fully saturated rings. The van der Waals surface area contributed by atoms with E-state index in [1.54, 1.807) is 50.1 Å². The number of furan rings is 1. The molecule has 2 aromatic carbocycles. The minimum absolute atomic E-state index is 0.0649. The highest BCUT2D eigenvalue weighted by atomic mass is 19.1. The highest BCUT2D eigenvalue weighted by molar-refractivity contribution is 6.13. The van der Waals surface area contributed by atoms with Crippen molar-refractivity contribution in [2.24, 2.45) is 11.8 Å². The van der Waals surface area contributed by atoms with Crippen LogP contribution in [0.25, 0.3) is 11.0 Å². The predicted molar refractivity (Wildman–Crippen MR) is 181 cm³/mol. The molecule has 2 aliphatic rings. The molecule has 0 unspecified atom stereocenters. The largest absolute Gasteiger partial charge is 0.497 e. The highest BCUT2D eigenvalue weighted by Crippen LogP contribution is 2.34. The lowest BCUT2D eigenvalue weighted by Crippen LogP contribution is -2.55. The third kappa shape index (κ3) is 7.98. The lowest BCUT2D eigenvalue weighted by molar-refractivity contribution is -0.138. The summed E-state index contributed by atoms with van der Waals surface area (Å²) in [5, 5.41) is 9.06. The van der Waals surface area contributed by atoms with Crippen molar-refractivity contribution in [3.05, 3.63) is 54.0 Å². The Morgan fingerprint density at radius 3 is 2.29 bits per heavy atom. The zero-order valence-electron chi connectivity index (χ0n) is 28.1. The van der Waals surface area contributed by atoms with Crippen LogP contribution in [0.15, 0.2) is 47.1 Å². The molecule has 11 nitrogen and oxygen atoms in total. The number of hydrogen-bond acceptors (Lipinski definition) is 7. The first kappa shape index (κ1) is 34.9. The topological polar surface area (TPSA) is 133 Å². The number of carbonyl (C=O) groups is 4. The van der Waals surface area contributed by atoms with Crippen LogP contribution in [0.1, 0.15) is 63.9 Å². The summed E-state index contributed by atoms with van der Waals surface area (Å²) >= 11 is 0. The molecule has 1 aliphatic heterocycles. The van der Waals surface area contributed by atoms with Crippen LogP contribution >= 0.6 is 0 Å². The van der Waals surface area contributed by atoms with Crippen molar-refractivity contribution in [1.82, 2.24) is 15.1 Å². The number of hydrogen-bond donors (Lipinski definition) is 3. The van der Waals surface area contributed by atoms with E-state index in [9.17, 15) is 19.2 Å². The zero-order valence-corrected chi connectivity index (χ0v) is 28.1. The van der Waals surface area contributed by atoms with Crippen LogP contribution < -0.4 is 20.7 Å². The fourth-order valence-corrected chi connectivity index (χ4v) is 6.68. The van der Waals surface area contributed by atoms with Gasteiger partial charge in [-0.15, -0.1) is 0 Å². The van der Waals surface area contributed by atoms with Crippen molar-refractivity contribution < 1.29 is 32.7 Å². The molecular weight excluding hydrogens is 617 g/mol. The molecule has 1 saturated carbocycles. The van der Waals surface area contributed by atoms with E-state index < -0.39 is 35.5 Å². The quantitative estimate of drug-likeness (QED) is 0.243. The fraction of sp³-hybridized carbons (Fsp3) is 0.500. The molecule has 0 radical (unpaired) electrons. The zero-order chi connectivity index (χ0) is 34.4. The summed E-state index contributed by atoms with van der Waals surface area (Å²) in [6, 6.07) is 8.75. The highest BCUT2D eigenvalue weighted by Gasteiger charge is 2.37. The maximum Gasteiger partial charge on any atom is 0.245 e. The minimum Gasteiger partial charge on any atom is -0.497 e. The number of halogens is 1. The van der Waals surface area contributed by atoms with Gasteiger partial charge in [-0.1, -0.05) is 39.2 Å². The predicted octanol–water partition coefficient (Wildman–Crippen LogP) is 5.13. The summed E-state index contributed by atoms with van der Waals surface area (Å²) in [4.78, 5) is 57.4.